The lowest BCUT2D eigenvalue weighted by Gasteiger charge is -2.12. The van der Waals surface area contributed by atoms with Crippen LogP contribution in [0.4, 0.5) is 15.8 Å². The van der Waals surface area contributed by atoms with Gasteiger partial charge in [0.1, 0.15) is 0 Å². The molecule has 0 fully saturated rings. The lowest BCUT2D eigenvalue weighted by Crippen LogP contribution is -2.19. The minimum Gasteiger partial charge on any atom is -0.494 e. The van der Waals surface area contributed by atoms with Gasteiger partial charge in [0.25, 0.3) is 0 Å². The molecule has 3 nitrogen and oxygen atoms in total. The van der Waals surface area contributed by atoms with Gasteiger partial charge in [-0.1, -0.05) is 17.7 Å². The maximum absolute atomic E-state index is 13.6. The summed E-state index contributed by atoms with van der Waals surface area (Å²) in [5.41, 5.74) is 2.28. The molecule has 0 radical (unpaired) electrons. The van der Waals surface area contributed by atoms with Gasteiger partial charge in [0, 0.05) is 22.5 Å². The van der Waals surface area contributed by atoms with Gasteiger partial charge in [-0.25, -0.2) is 4.39 Å². The number of thiocarbonyl (C=S) groups is 1. The molecule has 2 rings (SSSR count). The van der Waals surface area contributed by atoms with Crippen LogP contribution in [0.1, 0.15) is 5.56 Å². The SMILES string of the molecule is COc1ccc(NC(=S)Nc2ccc(C)c(Cl)c2)cc1F. The summed E-state index contributed by atoms with van der Waals surface area (Å²) in [5, 5.41) is 6.88. The van der Waals surface area contributed by atoms with Gasteiger partial charge >= 0.3 is 0 Å². The minimum absolute atomic E-state index is 0.185. The number of aryl methyl sites for hydroxylation is 1. The summed E-state index contributed by atoms with van der Waals surface area (Å²) >= 11 is 11.2. The molecule has 0 saturated heterocycles. The molecule has 0 unspecified atom stereocenters. The number of hydrogen-bond donors (Lipinski definition) is 2. The zero-order valence-corrected chi connectivity index (χ0v) is 13.1. The van der Waals surface area contributed by atoms with Crippen LogP contribution < -0.4 is 15.4 Å². The van der Waals surface area contributed by atoms with Crippen molar-refractivity contribution in [1.82, 2.24) is 0 Å². The van der Waals surface area contributed by atoms with Crippen molar-refractivity contribution in [3.63, 3.8) is 0 Å². The quantitative estimate of drug-likeness (QED) is 0.808. The normalized spacial score (nSPS) is 10.1. The second-order valence-electron chi connectivity index (χ2n) is 4.39. The molecular weight excluding hydrogens is 311 g/mol. The van der Waals surface area contributed by atoms with Gasteiger partial charge in [0.05, 0.1) is 7.11 Å². The Hall–Kier alpha value is -1.85. The fourth-order valence-corrected chi connectivity index (χ4v) is 2.12. The molecule has 0 spiro atoms. The first-order valence-corrected chi connectivity index (χ1v) is 6.96. The summed E-state index contributed by atoms with van der Waals surface area (Å²) in [5.74, 6) is -0.270. The Labute approximate surface area is 133 Å². The minimum atomic E-state index is -0.455. The smallest absolute Gasteiger partial charge is 0.175 e. The Kier molecular flexibility index (Phi) is 4.98. The van der Waals surface area contributed by atoms with Gasteiger partial charge in [0.15, 0.2) is 16.7 Å². The van der Waals surface area contributed by atoms with Crippen molar-refractivity contribution in [3.8, 4) is 5.75 Å². The van der Waals surface area contributed by atoms with Crippen LogP contribution in [0.25, 0.3) is 0 Å². The maximum Gasteiger partial charge on any atom is 0.175 e. The molecule has 0 aliphatic rings. The Balaban J connectivity index is 2.04. The Morgan fingerprint density at radius 1 is 1.14 bits per heavy atom. The molecule has 6 heteroatoms. The van der Waals surface area contributed by atoms with E-state index in [1.807, 2.05) is 19.1 Å². The number of rotatable bonds is 3. The molecule has 21 heavy (non-hydrogen) atoms. The highest BCUT2D eigenvalue weighted by atomic mass is 35.5. The van der Waals surface area contributed by atoms with Crippen molar-refractivity contribution in [1.29, 1.82) is 0 Å². The van der Waals surface area contributed by atoms with Crippen molar-refractivity contribution in [2.75, 3.05) is 17.7 Å². The first-order valence-electron chi connectivity index (χ1n) is 6.17. The van der Waals surface area contributed by atoms with Crippen LogP contribution >= 0.6 is 23.8 Å². The Morgan fingerprint density at radius 3 is 2.33 bits per heavy atom. The standard InChI is InChI=1S/C15H14ClFN2OS/c1-9-3-4-10(7-12(9)16)18-15(21)19-11-5-6-14(20-2)13(17)8-11/h3-8H,1-2H3,(H2,18,19,21). The third kappa shape index (κ3) is 4.06. The zero-order valence-electron chi connectivity index (χ0n) is 11.5. The summed E-state index contributed by atoms with van der Waals surface area (Å²) in [6, 6.07) is 10.1. The van der Waals surface area contributed by atoms with E-state index in [1.54, 1.807) is 12.1 Å². The first-order chi connectivity index (χ1) is 9.99. The third-order valence-corrected chi connectivity index (χ3v) is 3.45. The van der Waals surface area contributed by atoms with Crippen molar-refractivity contribution in [3.05, 3.63) is 52.8 Å². The van der Waals surface area contributed by atoms with Crippen LogP contribution in [0.3, 0.4) is 0 Å². The van der Waals surface area contributed by atoms with Gasteiger partial charge in [-0.3, -0.25) is 0 Å². The second-order valence-corrected chi connectivity index (χ2v) is 5.21. The molecule has 2 aromatic rings. The van der Waals surface area contributed by atoms with Crippen LogP contribution in [-0.2, 0) is 0 Å². The van der Waals surface area contributed by atoms with Crippen LogP contribution in [0.5, 0.6) is 5.75 Å². The molecule has 2 N–H and O–H groups in total. The molecule has 2 aromatic carbocycles. The number of methoxy groups -OCH3 is 1. The summed E-state index contributed by atoms with van der Waals surface area (Å²) in [4.78, 5) is 0. The summed E-state index contributed by atoms with van der Waals surface area (Å²) < 4.78 is 18.4. The average molecular weight is 325 g/mol. The van der Waals surface area contributed by atoms with Crippen LogP contribution in [-0.4, -0.2) is 12.2 Å². The van der Waals surface area contributed by atoms with Crippen molar-refractivity contribution < 1.29 is 9.13 Å². The van der Waals surface area contributed by atoms with Gasteiger partial charge in [-0.05, 0) is 49.0 Å². The number of ether oxygens (including phenoxy) is 1. The van der Waals surface area contributed by atoms with Crippen molar-refractivity contribution in [2.24, 2.45) is 0 Å². The number of nitrogens with one attached hydrogen (secondary N) is 2. The van der Waals surface area contributed by atoms with E-state index in [4.69, 9.17) is 28.6 Å². The van der Waals surface area contributed by atoms with E-state index in [1.165, 1.54) is 19.2 Å². The predicted molar refractivity (Wildman–Crippen MR) is 89.0 cm³/mol. The van der Waals surface area contributed by atoms with E-state index in [0.29, 0.717) is 15.8 Å². The van der Waals surface area contributed by atoms with E-state index in [9.17, 15) is 4.39 Å². The number of hydrogen-bond acceptors (Lipinski definition) is 2. The number of halogens is 2. The van der Waals surface area contributed by atoms with Gasteiger partial charge in [-0.2, -0.15) is 0 Å². The average Bonchev–Trinajstić information content (AvgIpc) is 2.43. The van der Waals surface area contributed by atoms with Crippen LogP contribution in [0, 0.1) is 12.7 Å². The molecule has 0 atom stereocenters. The Morgan fingerprint density at radius 2 is 1.76 bits per heavy atom. The van der Waals surface area contributed by atoms with Crippen molar-refractivity contribution >= 4 is 40.3 Å². The van der Waals surface area contributed by atoms with E-state index in [0.717, 1.165) is 11.3 Å². The molecular formula is C15H14ClFN2OS. The lowest BCUT2D eigenvalue weighted by molar-refractivity contribution is 0.387. The molecule has 0 heterocycles. The van der Waals surface area contributed by atoms with E-state index < -0.39 is 5.82 Å². The highest BCUT2D eigenvalue weighted by Gasteiger charge is 2.05. The summed E-state index contributed by atoms with van der Waals surface area (Å²) in [6.07, 6.45) is 0. The molecule has 0 bridgehead atoms. The number of anilines is 2. The largest absolute Gasteiger partial charge is 0.494 e. The topological polar surface area (TPSA) is 33.3 Å². The highest BCUT2D eigenvalue weighted by molar-refractivity contribution is 7.80. The fourth-order valence-electron chi connectivity index (χ4n) is 1.71. The van der Waals surface area contributed by atoms with E-state index in [2.05, 4.69) is 10.6 Å². The van der Waals surface area contributed by atoms with Crippen LogP contribution in [0.15, 0.2) is 36.4 Å². The zero-order chi connectivity index (χ0) is 15.4. The number of benzene rings is 2. The summed E-state index contributed by atoms with van der Waals surface area (Å²) in [7, 11) is 1.42. The molecule has 0 aliphatic heterocycles. The van der Waals surface area contributed by atoms with Crippen LogP contribution in [0.2, 0.25) is 5.02 Å². The maximum atomic E-state index is 13.6. The monoisotopic (exact) mass is 324 g/mol. The Bertz CT molecular complexity index is 679. The third-order valence-electron chi connectivity index (χ3n) is 2.84. The second kappa shape index (κ2) is 6.74. The van der Waals surface area contributed by atoms with E-state index in [-0.39, 0.29) is 5.75 Å². The molecule has 0 amide bonds. The molecule has 110 valence electrons. The van der Waals surface area contributed by atoms with Crippen molar-refractivity contribution in [2.45, 2.75) is 6.92 Å². The fraction of sp³-hybridized carbons (Fsp3) is 0.133. The van der Waals surface area contributed by atoms with Gasteiger partial charge in [0.2, 0.25) is 0 Å². The van der Waals surface area contributed by atoms with E-state index >= 15 is 0 Å². The highest BCUT2D eigenvalue weighted by Crippen LogP contribution is 2.22. The van der Waals surface area contributed by atoms with Gasteiger partial charge in [-0.15, -0.1) is 0 Å². The molecule has 0 aliphatic carbocycles. The van der Waals surface area contributed by atoms with Gasteiger partial charge < -0.3 is 15.4 Å². The summed E-state index contributed by atoms with van der Waals surface area (Å²) in [6.45, 7) is 1.92. The first kappa shape index (κ1) is 15.5. The lowest BCUT2D eigenvalue weighted by atomic mass is 10.2. The molecule has 0 saturated carbocycles. The predicted octanol–water partition coefficient (Wildman–Crippen LogP) is 4.61. The molecule has 0 aromatic heterocycles.